The largest absolute Gasteiger partial charge is 0.396 e. The fraction of sp³-hybridized carbons (Fsp3) is 0.647. The number of hydrogen-bond acceptors (Lipinski definition) is 4. The van der Waals surface area contributed by atoms with Gasteiger partial charge in [0.05, 0.1) is 10.6 Å². The van der Waals surface area contributed by atoms with Crippen molar-refractivity contribution in [2.24, 2.45) is 5.41 Å². The lowest BCUT2D eigenvalue weighted by Crippen LogP contribution is -2.35. The minimum atomic E-state index is -0.0535. The van der Waals surface area contributed by atoms with Crippen LogP contribution in [0.4, 0.5) is 5.82 Å². The van der Waals surface area contributed by atoms with Gasteiger partial charge in [0.1, 0.15) is 5.82 Å². The van der Waals surface area contributed by atoms with Gasteiger partial charge in [0, 0.05) is 32.4 Å². The van der Waals surface area contributed by atoms with Gasteiger partial charge < -0.3 is 15.3 Å². The summed E-state index contributed by atoms with van der Waals surface area (Å²) >= 11 is 6.27. The molecule has 1 aliphatic heterocycles. The number of aliphatic hydroxyl groups is 1. The number of carbonyl (C=O) groups is 1. The van der Waals surface area contributed by atoms with Crippen molar-refractivity contribution in [2.45, 2.75) is 39.5 Å². The molecule has 2 N–H and O–H groups in total. The lowest BCUT2D eigenvalue weighted by Gasteiger charge is -2.27. The Morgan fingerprint density at radius 2 is 2.09 bits per heavy atom. The molecule has 0 saturated carbocycles. The quantitative estimate of drug-likeness (QED) is 0.835. The number of amides is 1. The minimum absolute atomic E-state index is 0.00580. The Hall–Kier alpha value is -1.33. The summed E-state index contributed by atoms with van der Waals surface area (Å²) in [6.07, 6.45) is 5.60. The molecular formula is C17H26ClN3O2. The lowest BCUT2D eigenvalue weighted by atomic mass is 9.90. The molecule has 5 nitrogen and oxygen atoms in total. The van der Waals surface area contributed by atoms with Gasteiger partial charge in [0.15, 0.2) is 0 Å². The number of hydrogen-bond donors (Lipinski definition) is 2. The summed E-state index contributed by atoms with van der Waals surface area (Å²) in [6.45, 7) is 6.56. The molecule has 0 aliphatic carbocycles. The standard InChI is InChI=1S/C17H26ClN3O2/c1-17(2,6-9-22)12-20-15-14(18)10-13(11-19-15)16(23)21-7-4-3-5-8-21/h10-11,22H,3-9,12H2,1-2H3,(H,19,20). The molecule has 0 bridgehead atoms. The Balaban J connectivity index is 2.01. The SMILES string of the molecule is CC(C)(CCO)CNc1ncc(C(=O)N2CCCCC2)cc1Cl. The summed E-state index contributed by atoms with van der Waals surface area (Å²) in [4.78, 5) is 18.6. The molecule has 0 atom stereocenters. The Bertz CT molecular complexity index is 543. The maximum Gasteiger partial charge on any atom is 0.255 e. The van der Waals surface area contributed by atoms with E-state index in [1.54, 1.807) is 12.3 Å². The maximum absolute atomic E-state index is 12.4. The third kappa shape index (κ3) is 5.08. The Morgan fingerprint density at radius 3 is 2.70 bits per heavy atom. The van der Waals surface area contributed by atoms with Gasteiger partial charge in [0.25, 0.3) is 5.91 Å². The summed E-state index contributed by atoms with van der Waals surface area (Å²) in [5.74, 6) is 0.583. The number of rotatable bonds is 6. The molecule has 1 aromatic heterocycles. The first-order valence-electron chi connectivity index (χ1n) is 8.22. The normalized spacial score (nSPS) is 15.6. The number of aromatic nitrogens is 1. The molecule has 128 valence electrons. The van der Waals surface area contributed by atoms with E-state index in [4.69, 9.17) is 16.7 Å². The number of nitrogens with one attached hydrogen (secondary N) is 1. The van der Waals surface area contributed by atoms with Crippen LogP contribution in [-0.2, 0) is 0 Å². The van der Waals surface area contributed by atoms with Crippen molar-refractivity contribution in [2.75, 3.05) is 31.6 Å². The van der Waals surface area contributed by atoms with E-state index in [9.17, 15) is 4.79 Å². The second-order valence-corrected chi connectivity index (χ2v) is 7.31. The third-order valence-electron chi connectivity index (χ3n) is 4.25. The van der Waals surface area contributed by atoms with Crippen LogP contribution in [-0.4, -0.2) is 47.1 Å². The number of nitrogens with zero attached hydrogens (tertiary/aromatic N) is 2. The smallest absolute Gasteiger partial charge is 0.255 e. The number of piperidine rings is 1. The summed E-state index contributed by atoms with van der Waals surface area (Å²) in [6, 6.07) is 1.69. The van der Waals surface area contributed by atoms with Crippen molar-refractivity contribution < 1.29 is 9.90 Å². The van der Waals surface area contributed by atoms with Gasteiger partial charge >= 0.3 is 0 Å². The van der Waals surface area contributed by atoms with E-state index in [-0.39, 0.29) is 17.9 Å². The van der Waals surface area contributed by atoms with Gasteiger partial charge in [-0.05, 0) is 37.2 Å². The van der Waals surface area contributed by atoms with Gasteiger partial charge in [-0.2, -0.15) is 0 Å². The van der Waals surface area contributed by atoms with Crippen molar-refractivity contribution in [3.63, 3.8) is 0 Å². The van der Waals surface area contributed by atoms with Gasteiger partial charge in [-0.1, -0.05) is 25.4 Å². The van der Waals surface area contributed by atoms with Gasteiger partial charge in [-0.15, -0.1) is 0 Å². The van der Waals surface area contributed by atoms with E-state index in [1.807, 2.05) is 4.90 Å². The fourth-order valence-electron chi connectivity index (χ4n) is 2.68. The summed E-state index contributed by atoms with van der Waals surface area (Å²) in [5.41, 5.74) is 0.485. The maximum atomic E-state index is 12.4. The van der Waals surface area contributed by atoms with Crippen LogP contribution >= 0.6 is 11.6 Å². The first-order chi connectivity index (χ1) is 10.9. The molecule has 1 aromatic rings. The highest BCUT2D eigenvalue weighted by molar-refractivity contribution is 6.33. The highest BCUT2D eigenvalue weighted by Crippen LogP contribution is 2.25. The van der Waals surface area contributed by atoms with Crippen LogP contribution in [0.1, 0.15) is 49.9 Å². The molecule has 0 radical (unpaired) electrons. The fourth-order valence-corrected chi connectivity index (χ4v) is 2.91. The van der Waals surface area contributed by atoms with Crippen molar-refractivity contribution >= 4 is 23.3 Å². The van der Waals surface area contributed by atoms with Crippen molar-refractivity contribution in [1.29, 1.82) is 0 Å². The average Bonchev–Trinajstić information content (AvgIpc) is 2.54. The van der Waals surface area contributed by atoms with Crippen LogP contribution in [0.25, 0.3) is 0 Å². The monoisotopic (exact) mass is 339 g/mol. The van der Waals surface area contributed by atoms with Crippen LogP contribution in [0.15, 0.2) is 12.3 Å². The molecule has 1 saturated heterocycles. The molecule has 1 aliphatic rings. The molecule has 1 fully saturated rings. The summed E-state index contributed by atoms with van der Waals surface area (Å²) < 4.78 is 0. The van der Waals surface area contributed by atoms with Crippen LogP contribution in [0, 0.1) is 5.41 Å². The number of likely N-dealkylation sites (tertiary alicyclic amines) is 1. The van der Waals surface area contributed by atoms with Crippen LogP contribution in [0.3, 0.4) is 0 Å². The molecule has 0 unspecified atom stereocenters. The first kappa shape index (κ1) is 18.0. The van der Waals surface area contributed by atoms with Crippen LogP contribution in [0.5, 0.6) is 0 Å². The molecule has 0 spiro atoms. The van der Waals surface area contributed by atoms with E-state index in [0.29, 0.717) is 29.4 Å². The Morgan fingerprint density at radius 1 is 1.39 bits per heavy atom. The number of pyridine rings is 1. The van der Waals surface area contributed by atoms with E-state index in [2.05, 4.69) is 24.1 Å². The lowest BCUT2D eigenvalue weighted by molar-refractivity contribution is 0.0724. The minimum Gasteiger partial charge on any atom is -0.396 e. The molecule has 2 rings (SSSR count). The van der Waals surface area contributed by atoms with E-state index in [1.165, 1.54) is 6.42 Å². The summed E-state index contributed by atoms with van der Waals surface area (Å²) in [5, 5.41) is 12.7. The van der Waals surface area contributed by atoms with Gasteiger partial charge in [-0.25, -0.2) is 4.98 Å². The van der Waals surface area contributed by atoms with E-state index >= 15 is 0 Å². The van der Waals surface area contributed by atoms with E-state index < -0.39 is 0 Å². The zero-order chi connectivity index (χ0) is 16.9. The molecule has 6 heteroatoms. The molecule has 23 heavy (non-hydrogen) atoms. The highest BCUT2D eigenvalue weighted by Gasteiger charge is 2.21. The van der Waals surface area contributed by atoms with E-state index in [0.717, 1.165) is 25.9 Å². The van der Waals surface area contributed by atoms with Crippen LogP contribution in [0.2, 0.25) is 5.02 Å². The van der Waals surface area contributed by atoms with Crippen molar-refractivity contribution in [1.82, 2.24) is 9.88 Å². The topological polar surface area (TPSA) is 65.5 Å². The number of aliphatic hydroxyl groups excluding tert-OH is 1. The summed E-state index contributed by atoms with van der Waals surface area (Å²) in [7, 11) is 0. The molecule has 0 aromatic carbocycles. The first-order valence-corrected chi connectivity index (χ1v) is 8.60. The second-order valence-electron chi connectivity index (χ2n) is 6.90. The van der Waals surface area contributed by atoms with Crippen LogP contribution < -0.4 is 5.32 Å². The third-order valence-corrected chi connectivity index (χ3v) is 4.54. The predicted molar refractivity (Wildman–Crippen MR) is 93.0 cm³/mol. The Kier molecular flexibility index (Phi) is 6.25. The number of halogens is 1. The highest BCUT2D eigenvalue weighted by atomic mass is 35.5. The molecular weight excluding hydrogens is 314 g/mol. The number of carbonyl (C=O) groups excluding carboxylic acids is 1. The second kappa shape index (κ2) is 7.97. The van der Waals surface area contributed by atoms with Crippen molar-refractivity contribution in [3.05, 3.63) is 22.8 Å². The molecule has 1 amide bonds. The van der Waals surface area contributed by atoms with Crippen molar-refractivity contribution in [3.8, 4) is 0 Å². The average molecular weight is 340 g/mol. The van der Waals surface area contributed by atoms with Gasteiger partial charge in [0.2, 0.25) is 0 Å². The zero-order valence-electron chi connectivity index (χ0n) is 13.9. The predicted octanol–water partition coefficient (Wildman–Crippen LogP) is 3.18. The van der Waals surface area contributed by atoms with Gasteiger partial charge in [-0.3, -0.25) is 4.79 Å². The Labute approximate surface area is 143 Å². The number of anilines is 1. The molecule has 2 heterocycles. The zero-order valence-corrected chi connectivity index (χ0v) is 14.7.